The molecule has 2 fully saturated rings. The van der Waals surface area contributed by atoms with Crippen LogP contribution in [-0.4, -0.2) is 211 Å². The molecular weight excluding hydrogens is 1170 g/mol. The molecule has 0 aliphatic carbocycles. The highest BCUT2D eigenvalue weighted by Gasteiger charge is 2.46. The number of ether oxygens (including phenoxy) is 4. The van der Waals surface area contributed by atoms with Crippen LogP contribution in [0.15, 0.2) is 0 Å². The first-order chi connectivity index (χ1) is 39.7. The summed E-state index contributed by atoms with van der Waals surface area (Å²) in [7, 11) is -0.392. The average Bonchev–Trinajstić information content (AvgIpc) is 3.34. The van der Waals surface area contributed by atoms with Gasteiger partial charge in [-0.3, -0.25) is 9.59 Å². The number of aliphatic hydroxyl groups excluding tert-OH is 3. The summed E-state index contributed by atoms with van der Waals surface area (Å²) >= 11 is 2.68. The van der Waals surface area contributed by atoms with Crippen LogP contribution in [0.25, 0.3) is 0 Å². The minimum absolute atomic E-state index is 0.0887. The van der Waals surface area contributed by atoms with Crippen molar-refractivity contribution in [2.24, 2.45) is 10.8 Å². The van der Waals surface area contributed by atoms with Crippen LogP contribution in [0, 0.1) is 10.8 Å². The van der Waals surface area contributed by atoms with Crippen molar-refractivity contribution in [1.29, 1.82) is 2.86 Å². The number of hydrogen-bond donors (Lipinski definition) is 3. The summed E-state index contributed by atoms with van der Waals surface area (Å²) in [5.74, 6) is 1.19. The Morgan fingerprint density at radius 3 is 1.19 bits per heavy atom. The second-order valence-electron chi connectivity index (χ2n) is 27.2. The summed E-state index contributed by atoms with van der Waals surface area (Å²) in [5.41, 5.74) is -1.08. The number of carbonyl (C=O) groups is 2. The lowest BCUT2D eigenvalue weighted by atomic mass is 9.97. The minimum Gasteiger partial charge on any atom is -0.416 e. The molecule has 0 bridgehead atoms. The fourth-order valence-corrected chi connectivity index (χ4v) is 16.5. The van der Waals surface area contributed by atoms with Gasteiger partial charge in [0.05, 0.1) is 48.5 Å². The summed E-state index contributed by atoms with van der Waals surface area (Å²) in [6, 6.07) is 1.94. The Hall–Kier alpha value is 0.734. The molecule has 0 aromatic carbocycles. The summed E-state index contributed by atoms with van der Waals surface area (Å²) in [4.78, 5) is 26.1. The third-order valence-electron chi connectivity index (χ3n) is 15.0. The lowest BCUT2D eigenvalue weighted by Crippen LogP contribution is -2.44. The topological polar surface area (TPSA) is 188 Å². The van der Waals surface area contributed by atoms with Crippen molar-refractivity contribution in [3.05, 3.63) is 0 Å². The Balaban J connectivity index is -0.00000128. The van der Waals surface area contributed by atoms with Gasteiger partial charge in [0.1, 0.15) is 24.4 Å². The highest BCUT2D eigenvalue weighted by Crippen LogP contribution is 2.52. The van der Waals surface area contributed by atoms with Crippen LogP contribution in [-0.2, 0) is 51.0 Å². The van der Waals surface area contributed by atoms with Gasteiger partial charge in [-0.2, -0.15) is 0 Å². The fraction of sp³-hybridized carbons (Fsp3) is 0.967. The molecule has 0 radical (unpaired) electrons. The SMILES string of the molecule is CC(C)N(C(C)C)P(OCCSC(=O)C(C)(C)CO[Si](C)(C)C(C)(C)C)N(C(C)C)C(C)C.[2H]CC1OC(C)C(OC)C1O.[2H]CC1OC(C)C(OC)C1OP(OCCSC(=O)C(C)(C)CO[Si](C)(C)C(C)(C)C)N(C(C)C)C(C)C.[3H]OC.[3H]OC. The molecule has 83 heavy (non-hydrogen) atoms. The smallest absolute Gasteiger partial charge is 0.259 e. The molecule has 2 aliphatic rings. The molecule has 17 nitrogen and oxygen atoms in total. The van der Waals surface area contributed by atoms with Crippen molar-refractivity contribution in [3.8, 4) is 0 Å². The second-order valence-corrected chi connectivity index (χ2v) is 42.1. The maximum Gasteiger partial charge on any atom is 0.259 e. The van der Waals surface area contributed by atoms with Crippen molar-refractivity contribution < 1.29 is 69.0 Å². The average molecular weight is 1310 g/mol. The summed E-state index contributed by atoms with van der Waals surface area (Å²) in [6.07, 6.45) is -2.57. The van der Waals surface area contributed by atoms with E-state index in [-0.39, 0.29) is 88.9 Å². The quantitative estimate of drug-likeness (QED) is 0.0364. The Labute approximate surface area is 529 Å². The van der Waals surface area contributed by atoms with Gasteiger partial charge in [-0.25, -0.2) is 14.0 Å². The Morgan fingerprint density at radius 1 is 0.578 bits per heavy atom. The van der Waals surface area contributed by atoms with E-state index < -0.39 is 50.5 Å². The largest absolute Gasteiger partial charge is 0.416 e. The zero-order valence-electron chi connectivity index (χ0n) is 62.5. The van der Waals surface area contributed by atoms with Gasteiger partial charge in [0.25, 0.3) is 8.53 Å². The monoisotopic (exact) mass is 1310 g/mol. The van der Waals surface area contributed by atoms with Crippen LogP contribution in [0.4, 0.5) is 0 Å². The van der Waals surface area contributed by atoms with E-state index in [4.69, 9.17) is 47.0 Å². The Morgan fingerprint density at radius 2 is 0.904 bits per heavy atom. The number of rotatable bonds is 29. The molecule has 0 amide bonds. The molecule has 500 valence electrons. The first-order valence-electron chi connectivity index (χ1n) is 32.0. The number of carbonyl (C=O) groups excluding carboxylic acids is 2. The van der Waals surface area contributed by atoms with E-state index in [2.05, 4.69) is 175 Å². The maximum atomic E-state index is 13.1. The summed E-state index contributed by atoms with van der Waals surface area (Å²) < 4.78 is 87.6. The van der Waals surface area contributed by atoms with Crippen LogP contribution < -0.4 is 0 Å². The van der Waals surface area contributed by atoms with Crippen molar-refractivity contribution in [2.75, 3.05) is 66.4 Å². The third kappa shape index (κ3) is 29.7. The normalized spacial score (nSPS) is 23.0. The van der Waals surface area contributed by atoms with E-state index in [1.54, 1.807) is 14.2 Å². The molecule has 2 heterocycles. The van der Waals surface area contributed by atoms with E-state index in [9.17, 15) is 14.7 Å². The van der Waals surface area contributed by atoms with Crippen LogP contribution in [0.1, 0.15) is 183 Å². The second kappa shape index (κ2) is 40.6. The van der Waals surface area contributed by atoms with Crippen LogP contribution >= 0.6 is 40.5 Å². The zero-order chi connectivity index (χ0) is 69.0. The van der Waals surface area contributed by atoms with Gasteiger partial charge in [0, 0.05) is 92.2 Å². The zero-order valence-corrected chi connectivity index (χ0v) is 64.0. The maximum absolute atomic E-state index is 13.1. The van der Waals surface area contributed by atoms with Crippen LogP contribution in [0.2, 0.25) is 36.3 Å². The van der Waals surface area contributed by atoms with Crippen molar-refractivity contribution in [3.63, 3.8) is 0 Å². The first kappa shape index (κ1) is 79.8. The highest BCUT2D eigenvalue weighted by atomic mass is 32.2. The molecule has 23 heteroatoms. The van der Waals surface area contributed by atoms with E-state index in [1.165, 1.54) is 37.7 Å². The predicted molar refractivity (Wildman–Crippen MR) is 360 cm³/mol. The molecule has 0 aromatic heterocycles. The standard InChI is InChI=1S/C26H54NO6PSSi.C25H55N2O3PSSi.C7H14O3.2CH4O/c1-18(2)27(19(3)4)34(33-23-21(6)32-20(5)22(23)29-12)30-15-16-35-24(28)26(10,11)17-31-36(13,14)25(7,8)9;1-19(2)26(20(3)4)31(27(21(5)6)22(7)8)29-16-17-32-23(28)25(12,13)18-30-33(14,15)24(9,10)11;1-4-6(8)7(9-3)5(2)10-4;2*1-2/h18-23H,15-17H2,1-14H3;19-22H,16-18H2,1-15H3;4-8H,1-3H3;2*2H,1H3/i6D;;1D;2*2T. The van der Waals surface area contributed by atoms with Crippen molar-refractivity contribution >= 4 is 67.4 Å². The number of nitrogens with zero attached hydrogens (tertiary/aromatic N) is 3. The highest BCUT2D eigenvalue weighted by molar-refractivity contribution is 8.14. The minimum atomic E-state index is -1.93. The van der Waals surface area contributed by atoms with Gasteiger partial charge in [0.2, 0.25) is 2.86 Å². The van der Waals surface area contributed by atoms with Gasteiger partial charge in [-0.1, -0.05) is 65.1 Å². The number of hydrogen-bond acceptors (Lipinski definition) is 19. The molecule has 9 atom stereocenters. The molecular formula is C60H131N3O14P2S2Si2. The van der Waals surface area contributed by atoms with Gasteiger partial charge >= 0.3 is 0 Å². The van der Waals surface area contributed by atoms with Gasteiger partial charge in [-0.15, -0.1) is 0 Å². The molecule has 0 spiro atoms. The molecule has 0 saturated carbocycles. The van der Waals surface area contributed by atoms with Crippen molar-refractivity contribution in [2.45, 2.75) is 301 Å². The Kier molecular flexibility index (Phi) is 39.0. The van der Waals surface area contributed by atoms with Gasteiger partial charge in [0.15, 0.2) is 35.3 Å². The first-order valence-corrected chi connectivity index (χ1v) is 39.9. The predicted octanol–water partition coefficient (Wildman–Crippen LogP) is 14.0. The molecule has 2 saturated heterocycles. The molecule has 0 aromatic rings. The summed E-state index contributed by atoms with van der Waals surface area (Å²) in [6.45, 7) is 62.3. The van der Waals surface area contributed by atoms with Gasteiger partial charge in [-0.05, 0) is 175 Å². The number of methoxy groups -OCH3 is 2. The molecule has 3 N–H and O–H groups in total. The van der Waals surface area contributed by atoms with Crippen LogP contribution in [0.5, 0.6) is 0 Å². The van der Waals surface area contributed by atoms with E-state index in [1.807, 2.05) is 41.5 Å². The van der Waals surface area contributed by atoms with E-state index in [0.717, 1.165) is 0 Å². The lowest BCUT2D eigenvalue weighted by molar-refractivity contribution is -0.120. The lowest BCUT2D eigenvalue weighted by Gasteiger charge is -2.45. The summed E-state index contributed by atoms with van der Waals surface area (Å²) in [5, 5.41) is 17.0. The fourth-order valence-electron chi connectivity index (χ4n) is 8.25. The molecule has 2 aliphatic heterocycles. The number of thioether (sulfide) groups is 2. The van der Waals surface area contributed by atoms with E-state index >= 15 is 0 Å². The third-order valence-corrected chi connectivity index (χ3v) is 31.5. The van der Waals surface area contributed by atoms with Crippen LogP contribution in [0.3, 0.4) is 0 Å². The Bertz CT molecular complexity index is 1790. The molecule has 9 unspecified atom stereocenters. The number of aliphatic hydroxyl groups is 3. The van der Waals surface area contributed by atoms with Crippen molar-refractivity contribution in [1.82, 2.24) is 14.0 Å². The molecule has 2 rings (SSSR count). The van der Waals surface area contributed by atoms with Gasteiger partial charge < -0.3 is 56.7 Å². The van der Waals surface area contributed by atoms with E-state index in [0.29, 0.717) is 62.1 Å².